The molecule has 0 aliphatic rings. The van der Waals surface area contributed by atoms with E-state index >= 15 is 0 Å². The van der Waals surface area contributed by atoms with Crippen LogP contribution in [-0.2, 0) is 12.7 Å². The Morgan fingerprint density at radius 3 is 2.63 bits per heavy atom. The zero-order chi connectivity index (χ0) is 25.0. The van der Waals surface area contributed by atoms with Gasteiger partial charge < -0.3 is 16.0 Å². The number of rotatable bonds is 7. The first-order valence-electron chi connectivity index (χ1n) is 9.89. The summed E-state index contributed by atoms with van der Waals surface area (Å²) in [6.07, 6.45) is -0.361. The van der Waals surface area contributed by atoms with Crippen LogP contribution in [0.15, 0.2) is 48.4 Å². The molecule has 3 N–H and O–H groups in total. The molecular formula is C21H16F3N7O2S2. The van der Waals surface area contributed by atoms with Crippen LogP contribution in [0.1, 0.15) is 36.3 Å². The fraction of sp³-hybridized carbons (Fsp3) is 0.143. The second kappa shape index (κ2) is 10.1. The summed E-state index contributed by atoms with van der Waals surface area (Å²) in [4.78, 5) is 41.3. The van der Waals surface area contributed by atoms with E-state index in [0.29, 0.717) is 16.0 Å². The number of hydrogen-bond donors (Lipinski definition) is 3. The largest absolute Gasteiger partial charge is 0.416 e. The summed E-state index contributed by atoms with van der Waals surface area (Å²) in [6.45, 7) is 1.37. The fourth-order valence-electron chi connectivity index (χ4n) is 2.89. The highest BCUT2D eigenvalue weighted by molar-refractivity contribution is 7.14. The molecule has 35 heavy (non-hydrogen) atoms. The normalized spacial score (nSPS) is 11.2. The van der Waals surface area contributed by atoms with Crippen LogP contribution < -0.4 is 16.0 Å². The smallest absolute Gasteiger partial charge is 0.344 e. The Balaban J connectivity index is 1.35. The molecule has 1 aromatic carbocycles. The summed E-state index contributed by atoms with van der Waals surface area (Å²) in [6, 6.07) is 5.03. The zero-order valence-electron chi connectivity index (χ0n) is 17.9. The van der Waals surface area contributed by atoms with E-state index in [2.05, 4.69) is 35.9 Å². The molecule has 0 saturated heterocycles. The molecule has 14 heteroatoms. The third-order valence-electron chi connectivity index (χ3n) is 4.55. The third kappa shape index (κ3) is 6.16. The van der Waals surface area contributed by atoms with E-state index in [1.165, 1.54) is 49.0 Å². The van der Waals surface area contributed by atoms with Gasteiger partial charge in [-0.3, -0.25) is 9.59 Å². The fourth-order valence-corrected chi connectivity index (χ4v) is 4.17. The second-order valence-electron chi connectivity index (χ2n) is 7.03. The minimum atomic E-state index is -4.53. The van der Waals surface area contributed by atoms with E-state index in [-0.39, 0.29) is 28.4 Å². The summed E-state index contributed by atoms with van der Waals surface area (Å²) in [5.41, 5.74) is -0.630. The van der Waals surface area contributed by atoms with Crippen LogP contribution in [0.5, 0.6) is 0 Å². The van der Waals surface area contributed by atoms with Crippen LogP contribution in [0.4, 0.5) is 29.8 Å². The molecular weight excluding hydrogens is 503 g/mol. The minimum Gasteiger partial charge on any atom is -0.344 e. The second-order valence-corrected chi connectivity index (χ2v) is 9.04. The topological polar surface area (TPSA) is 122 Å². The lowest BCUT2D eigenvalue weighted by molar-refractivity contribution is -0.138. The van der Waals surface area contributed by atoms with Crippen molar-refractivity contribution in [3.8, 4) is 0 Å². The Morgan fingerprint density at radius 2 is 1.89 bits per heavy atom. The van der Waals surface area contributed by atoms with E-state index < -0.39 is 23.6 Å². The predicted molar refractivity (Wildman–Crippen MR) is 125 cm³/mol. The standard InChI is InChI=1S/C21H16F3N7O2S2/c1-11-2-3-12(6-13(11)21(22,23)24)30-19(33)15-8-26-17(35-15)9-27-18(32)14-7-16(29-10-28-14)31-20-25-4-5-34-20/h2-8,10H,9H2,1H3,(H,27,32)(H,30,33)(H,25,28,29,31). The summed E-state index contributed by atoms with van der Waals surface area (Å²) in [5.74, 6) is -0.682. The van der Waals surface area contributed by atoms with Gasteiger partial charge in [-0.2, -0.15) is 13.2 Å². The summed E-state index contributed by atoms with van der Waals surface area (Å²) in [7, 11) is 0. The first-order chi connectivity index (χ1) is 16.7. The molecule has 4 rings (SSSR count). The average molecular weight is 520 g/mol. The van der Waals surface area contributed by atoms with Crippen molar-refractivity contribution < 1.29 is 22.8 Å². The molecule has 180 valence electrons. The number of halogens is 3. The number of benzene rings is 1. The number of aryl methyl sites for hydroxylation is 1. The predicted octanol–water partition coefficient (Wildman–Crippen LogP) is 4.64. The molecule has 9 nitrogen and oxygen atoms in total. The van der Waals surface area contributed by atoms with Crippen molar-refractivity contribution >= 4 is 51.1 Å². The van der Waals surface area contributed by atoms with Crippen molar-refractivity contribution in [3.63, 3.8) is 0 Å². The quantitative estimate of drug-likeness (QED) is 0.325. The van der Waals surface area contributed by atoms with Crippen molar-refractivity contribution in [1.82, 2.24) is 25.3 Å². The Bertz CT molecular complexity index is 1360. The first kappa shape index (κ1) is 24.2. The number of nitrogens with one attached hydrogen (secondary N) is 3. The zero-order valence-corrected chi connectivity index (χ0v) is 19.5. The monoisotopic (exact) mass is 519 g/mol. The first-order valence-corrected chi connectivity index (χ1v) is 11.6. The van der Waals surface area contributed by atoms with Crippen molar-refractivity contribution in [2.45, 2.75) is 19.6 Å². The van der Waals surface area contributed by atoms with E-state index in [4.69, 9.17) is 0 Å². The van der Waals surface area contributed by atoms with Crippen LogP contribution in [-0.4, -0.2) is 31.8 Å². The van der Waals surface area contributed by atoms with Crippen LogP contribution in [0, 0.1) is 6.92 Å². The van der Waals surface area contributed by atoms with E-state index in [0.717, 1.165) is 17.4 Å². The van der Waals surface area contributed by atoms with Gasteiger partial charge in [0.15, 0.2) is 5.13 Å². The van der Waals surface area contributed by atoms with Crippen molar-refractivity contribution in [1.29, 1.82) is 0 Å². The van der Waals surface area contributed by atoms with Gasteiger partial charge in [0, 0.05) is 23.3 Å². The van der Waals surface area contributed by atoms with Crippen LogP contribution in [0.25, 0.3) is 0 Å². The van der Waals surface area contributed by atoms with Crippen molar-refractivity contribution in [2.75, 3.05) is 10.6 Å². The van der Waals surface area contributed by atoms with Gasteiger partial charge in [0.2, 0.25) is 0 Å². The Labute approximate surface area is 204 Å². The molecule has 0 atom stereocenters. The lowest BCUT2D eigenvalue weighted by Crippen LogP contribution is -2.24. The molecule has 0 bridgehead atoms. The van der Waals surface area contributed by atoms with Crippen molar-refractivity contribution in [3.05, 3.63) is 75.1 Å². The number of nitrogens with zero attached hydrogens (tertiary/aromatic N) is 4. The minimum absolute atomic E-state index is 0.0158. The molecule has 0 spiro atoms. The average Bonchev–Trinajstić information content (AvgIpc) is 3.50. The summed E-state index contributed by atoms with van der Waals surface area (Å²) >= 11 is 2.38. The highest BCUT2D eigenvalue weighted by Crippen LogP contribution is 2.33. The van der Waals surface area contributed by atoms with Crippen LogP contribution in [0.2, 0.25) is 0 Å². The SMILES string of the molecule is Cc1ccc(NC(=O)c2cnc(CNC(=O)c3cc(Nc4nccs4)ncn3)s2)cc1C(F)(F)F. The molecule has 0 unspecified atom stereocenters. The molecule has 0 radical (unpaired) electrons. The van der Waals surface area contributed by atoms with Crippen molar-refractivity contribution in [2.24, 2.45) is 0 Å². The van der Waals surface area contributed by atoms with Gasteiger partial charge in [0.25, 0.3) is 11.8 Å². The number of amides is 2. The maximum Gasteiger partial charge on any atom is 0.416 e. The highest BCUT2D eigenvalue weighted by Gasteiger charge is 2.32. The molecule has 0 saturated carbocycles. The maximum atomic E-state index is 13.1. The third-order valence-corrected chi connectivity index (χ3v) is 6.23. The summed E-state index contributed by atoms with van der Waals surface area (Å²) < 4.78 is 39.3. The molecule has 4 aromatic rings. The van der Waals surface area contributed by atoms with Gasteiger partial charge in [-0.05, 0) is 24.6 Å². The molecule has 0 aliphatic carbocycles. The van der Waals surface area contributed by atoms with Gasteiger partial charge in [0.05, 0.1) is 18.3 Å². The number of alkyl halides is 3. The number of aromatic nitrogens is 4. The van der Waals surface area contributed by atoms with Gasteiger partial charge in [0.1, 0.15) is 27.7 Å². The van der Waals surface area contributed by atoms with E-state index in [1.807, 2.05) is 0 Å². The van der Waals surface area contributed by atoms with E-state index in [9.17, 15) is 22.8 Å². The van der Waals surface area contributed by atoms with Crippen LogP contribution in [0.3, 0.4) is 0 Å². The highest BCUT2D eigenvalue weighted by atomic mass is 32.1. The van der Waals surface area contributed by atoms with Gasteiger partial charge in [-0.25, -0.2) is 19.9 Å². The number of hydrogen-bond acceptors (Lipinski definition) is 9. The number of thiazole rings is 2. The van der Waals surface area contributed by atoms with Gasteiger partial charge >= 0.3 is 6.18 Å². The molecule has 3 heterocycles. The van der Waals surface area contributed by atoms with Crippen LogP contribution >= 0.6 is 22.7 Å². The molecule has 3 aromatic heterocycles. The molecule has 2 amide bonds. The Kier molecular flexibility index (Phi) is 7.02. The number of anilines is 3. The summed E-state index contributed by atoms with van der Waals surface area (Å²) in [5, 5.41) is 10.9. The molecule has 0 aliphatic heterocycles. The van der Waals surface area contributed by atoms with Gasteiger partial charge in [-0.15, -0.1) is 22.7 Å². The Hall–Kier alpha value is -3.91. The lowest BCUT2D eigenvalue weighted by Gasteiger charge is -2.12. The maximum absolute atomic E-state index is 13.1. The number of carbonyl (C=O) groups is 2. The van der Waals surface area contributed by atoms with Gasteiger partial charge in [-0.1, -0.05) is 6.07 Å². The number of carbonyl (C=O) groups excluding carboxylic acids is 2. The Morgan fingerprint density at radius 1 is 1.06 bits per heavy atom. The lowest BCUT2D eigenvalue weighted by atomic mass is 10.1. The van der Waals surface area contributed by atoms with E-state index in [1.54, 1.807) is 11.6 Å². The molecule has 0 fully saturated rings.